The summed E-state index contributed by atoms with van der Waals surface area (Å²) in [6, 6.07) is 23.6. The maximum absolute atomic E-state index is 12.6. The van der Waals surface area contributed by atoms with Crippen molar-refractivity contribution in [2.75, 3.05) is 33.1 Å². The van der Waals surface area contributed by atoms with Crippen molar-refractivity contribution >= 4 is 11.6 Å². The fourth-order valence-electron chi connectivity index (χ4n) is 3.24. The number of nitrogens with zero attached hydrogens (tertiary/aromatic N) is 1. The first-order valence-electron chi connectivity index (χ1n) is 9.44. The minimum Gasteiger partial charge on any atom is -0.493 e. The molecule has 0 bridgehead atoms. The van der Waals surface area contributed by atoms with Crippen LogP contribution in [0.5, 0.6) is 11.5 Å². The number of nitrogens with one attached hydrogen (secondary N) is 1. The van der Waals surface area contributed by atoms with E-state index in [2.05, 4.69) is 5.32 Å². The van der Waals surface area contributed by atoms with Gasteiger partial charge in [-0.15, -0.1) is 0 Å². The van der Waals surface area contributed by atoms with Gasteiger partial charge < -0.3 is 14.8 Å². The Morgan fingerprint density at radius 1 is 0.897 bits per heavy atom. The van der Waals surface area contributed by atoms with E-state index < -0.39 is 0 Å². The summed E-state index contributed by atoms with van der Waals surface area (Å²) < 4.78 is 10.6. The summed E-state index contributed by atoms with van der Waals surface area (Å²) >= 11 is 0. The van der Waals surface area contributed by atoms with E-state index in [-0.39, 0.29) is 12.5 Å². The van der Waals surface area contributed by atoms with Crippen molar-refractivity contribution in [2.24, 2.45) is 0 Å². The maximum atomic E-state index is 12.6. The van der Waals surface area contributed by atoms with Crippen LogP contribution in [0, 0.1) is 0 Å². The molecule has 3 aromatic carbocycles. The molecule has 1 amide bonds. The molecule has 0 atom stereocenters. The van der Waals surface area contributed by atoms with Crippen molar-refractivity contribution in [3.05, 3.63) is 78.4 Å². The number of carbonyl (C=O) groups is 1. The molecule has 0 radical (unpaired) electrons. The zero-order valence-electron chi connectivity index (χ0n) is 17.0. The second-order valence-electron chi connectivity index (χ2n) is 6.82. The fraction of sp³-hybridized carbons (Fsp3) is 0.208. The van der Waals surface area contributed by atoms with Crippen LogP contribution in [0.15, 0.2) is 72.8 Å². The Hall–Kier alpha value is -3.31. The Balaban J connectivity index is 1.64. The average molecular weight is 390 g/mol. The highest BCUT2D eigenvalue weighted by Gasteiger charge is 2.12. The number of benzene rings is 3. The lowest BCUT2D eigenvalue weighted by Crippen LogP contribution is -2.30. The van der Waals surface area contributed by atoms with Gasteiger partial charge in [0.15, 0.2) is 11.5 Å². The van der Waals surface area contributed by atoms with Gasteiger partial charge in [-0.05, 0) is 36.4 Å². The van der Waals surface area contributed by atoms with E-state index in [9.17, 15) is 4.79 Å². The van der Waals surface area contributed by atoms with Crippen LogP contribution in [0.2, 0.25) is 0 Å². The summed E-state index contributed by atoms with van der Waals surface area (Å²) in [7, 11) is 5.14. The molecule has 3 rings (SSSR count). The summed E-state index contributed by atoms with van der Waals surface area (Å²) in [5.74, 6) is 1.31. The van der Waals surface area contributed by atoms with Gasteiger partial charge in [-0.2, -0.15) is 0 Å². The molecule has 0 unspecified atom stereocenters. The van der Waals surface area contributed by atoms with Crippen LogP contribution in [0.4, 0.5) is 5.69 Å². The fourth-order valence-corrected chi connectivity index (χ4v) is 3.24. The molecule has 0 aliphatic carbocycles. The summed E-state index contributed by atoms with van der Waals surface area (Å²) in [6.07, 6.45) is 0. The first-order valence-corrected chi connectivity index (χ1v) is 9.44. The van der Waals surface area contributed by atoms with Crippen LogP contribution in [0.1, 0.15) is 5.56 Å². The molecular formula is C24H26N2O3. The lowest BCUT2D eigenvalue weighted by molar-refractivity contribution is -0.117. The molecule has 3 aromatic rings. The summed E-state index contributed by atoms with van der Waals surface area (Å²) in [5, 5.41) is 3.04. The monoisotopic (exact) mass is 390 g/mol. The first-order chi connectivity index (χ1) is 14.1. The Bertz CT molecular complexity index is 957. The smallest absolute Gasteiger partial charge is 0.238 e. The van der Waals surface area contributed by atoms with Gasteiger partial charge in [0, 0.05) is 17.8 Å². The summed E-state index contributed by atoms with van der Waals surface area (Å²) in [6.45, 7) is 0.894. The third-order valence-electron chi connectivity index (χ3n) is 4.60. The quantitative estimate of drug-likeness (QED) is 0.618. The molecule has 5 heteroatoms. The summed E-state index contributed by atoms with van der Waals surface area (Å²) in [5.41, 5.74) is 3.93. The van der Waals surface area contributed by atoms with Crippen molar-refractivity contribution < 1.29 is 14.3 Å². The highest BCUT2D eigenvalue weighted by atomic mass is 16.5. The molecule has 0 aliphatic heterocycles. The molecule has 0 aliphatic rings. The van der Waals surface area contributed by atoms with Gasteiger partial charge in [0.2, 0.25) is 5.91 Å². The lowest BCUT2D eigenvalue weighted by Gasteiger charge is -2.18. The van der Waals surface area contributed by atoms with E-state index in [4.69, 9.17) is 9.47 Å². The second kappa shape index (κ2) is 9.75. The summed E-state index contributed by atoms with van der Waals surface area (Å²) in [4.78, 5) is 14.6. The number of likely N-dealkylation sites (N-methyl/N-ethyl adjacent to an activating group) is 1. The topological polar surface area (TPSA) is 50.8 Å². The van der Waals surface area contributed by atoms with Crippen LogP contribution in [-0.2, 0) is 11.3 Å². The average Bonchev–Trinajstić information content (AvgIpc) is 2.74. The van der Waals surface area contributed by atoms with E-state index in [1.807, 2.05) is 84.7 Å². The molecule has 0 saturated carbocycles. The van der Waals surface area contributed by atoms with Crippen molar-refractivity contribution in [1.82, 2.24) is 4.90 Å². The van der Waals surface area contributed by atoms with E-state index in [1.165, 1.54) is 0 Å². The van der Waals surface area contributed by atoms with Gasteiger partial charge in [-0.3, -0.25) is 9.69 Å². The molecule has 1 N–H and O–H groups in total. The predicted octanol–water partition coefficient (Wildman–Crippen LogP) is 4.44. The Morgan fingerprint density at radius 3 is 2.31 bits per heavy atom. The number of amides is 1. The van der Waals surface area contributed by atoms with Crippen molar-refractivity contribution in [2.45, 2.75) is 6.54 Å². The third kappa shape index (κ3) is 5.36. The van der Waals surface area contributed by atoms with Crippen LogP contribution < -0.4 is 14.8 Å². The van der Waals surface area contributed by atoms with Crippen LogP contribution >= 0.6 is 0 Å². The predicted molar refractivity (Wildman–Crippen MR) is 116 cm³/mol. The van der Waals surface area contributed by atoms with Crippen molar-refractivity contribution in [3.8, 4) is 22.6 Å². The standard InChI is InChI=1S/C24H26N2O3/c1-26(16-18-13-14-22(28-2)23(15-18)29-3)17-24(27)25-21-12-8-7-11-20(21)19-9-5-4-6-10-19/h4-15H,16-17H2,1-3H3,(H,25,27). The van der Waals surface area contributed by atoms with E-state index in [0.29, 0.717) is 18.0 Å². The number of anilines is 1. The van der Waals surface area contributed by atoms with Gasteiger partial charge >= 0.3 is 0 Å². The molecule has 0 spiro atoms. The number of ether oxygens (including phenoxy) is 2. The number of hydrogen-bond acceptors (Lipinski definition) is 4. The third-order valence-corrected chi connectivity index (χ3v) is 4.60. The minimum absolute atomic E-state index is 0.0589. The van der Waals surface area contributed by atoms with Gasteiger partial charge in [-0.25, -0.2) is 0 Å². The highest BCUT2D eigenvalue weighted by molar-refractivity contribution is 5.96. The minimum atomic E-state index is -0.0589. The van der Waals surface area contributed by atoms with E-state index >= 15 is 0 Å². The molecule has 0 saturated heterocycles. The highest BCUT2D eigenvalue weighted by Crippen LogP contribution is 2.29. The number of hydrogen-bond donors (Lipinski definition) is 1. The van der Waals surface area contributed by atoms with Crippen molar-refractivity contribution in [3.63, 3.8) is 0 Å². The van der Waals surface area contributed by atoms with Crippen LogP contribution in [-0.4, -0.2) is 38.6 Å². The van der Waals surface area contributed by atoms with Gasteiger partial charge in [0.25, 0.3) is 0 Å². The molecule has 0 aromatic heterocycles. The number of para-hydroxylation sites is 1. The van der Waals surface area contributed by atoms with Crippen molar-refractivity contribution in [1.29, 1.82) is 0 Å². The number of carbonyl (C=O) groups excluding carboxylic acids is 1. The van der Waals surface area contributed by atoms with Crippen LogP contribution in [0.3, 0.4) is 0 Å². The molecule has 150 valence electrons. The molecule has 0 heterocycles. The number of methoxy groups -OCH3 is 2. The first kappa shape index (κ1) is 20.4. The normalized spacial score (nSPS) is 10.6. The second-order valence-corrected chi connectivity index (χ2v) is 6.82. The Labute approximate surface area is 171 Å². The zero-order valence-corrected chi connectivity index (χ0v) is 17.0. The zero-order chi connectivity index (χ0) is 20.6. The van der Waals surface area contributed by atoms with E-state index in [1.54, 1.807) is 14.2 Å². The molecule has 29 heavy (non-hydrogen) atoms. The maximum Gasteiger partial charge on any atom is 0.238 e. The Morgan fingerprint density at radius 2 is 1.59 bits per heavy atom. The SMILES string of the molecule is COc1ccc(CN(C)CC(=O)Nc2ccccc2-c2ccccc2)cc1OC. The van der Waals surface area contributed by atoms with Gasteiger partial charge in [-0.1, -0.05) is 54.6 Å². The van der Waals surface area contributed by atoms with Gasteiger partial charge in [0.1, 0.15) is 0 Å². The number of rotatable bonds is 8. The lowest BCUT2D eigenvalue weighted by atomic mass is 10.0. The van der Waals surface area contributed by atoms with Crippen LogP contribution in [0.25, 0.3) is 11.1 Å². The van der Waals surface area contributed by atoms with E-state index in [0.717, 1.165) is 22.4 Å². The molecule has 5 nitrogen and oxygen atoms in total. The largest absolute Gasteiger partial charge is 0.493 e. The molecule has 0 fully saturated rings. The van der Waals surface area contributed by atoms with Gasteiger partial charge in [0.05, 0.1) is 20.8 Å². The molecular weight excluding hydrogens is 364 g/mol. The Kier molecular flexibility index (Phi) is 6.87.